The third-order valence-corrected chi connectivity index (χ3v) is 6.42. The topological polar surface area (TPSA) is 67.9 Å². The van der Waals surface area contributed by atoms with Crippen LogP contribution in [0.25, 0.3) is 16.8 Å². The Bertz CT molecular complexity index is 1560. The SMILES string of the molecule is CCOc1cc(/C=C2/NC(=O)N(Cc3ccccc3F)C2=O)cc(Cl)c1OCc1cccc2ccccc12. The molecule has 0 aliphatic carbocycles. The molecule has 38 heavy (non-hydrogen) atoms. The van der Waals surface area contributed by atoms with Crippen LogP contribution in [0.5, 0.6) is 11.5 Å². The molecule has 0 aromatic heterocycles. The smallest absolute Gasteiger partial charge is 0.329 e. The van der Waals surface area contributed by atoms with Crippen LogP contribution in [0.2, 0.25) is 5.02 Å². The number of nitrogens with zero attached hydrogens (tertiary/aromatic N) is 1. The number of carbonyl (C=O) groups excluding carboxylic acids is 2. The highest BCUT2D eigenvalue weighted by molar-refractivity contribution is 6.32. The Hall–Kier alpha value is -4.36. The van der Waals surface area contributed by atoms with Gasteiger partial charge in [-0.3, -0.25) is 9.69 Å². The van der Waals surface area contributed by atoms with Crippen molar-refractivity contribution in [1.82, 2.24) is 10.2 Å². The monoisotopic (exact) mass is 530 g/mol. The van der Waals surface area contributed by atoms with E-state index in [0.717, 1.165) is 21.2 Å². The number of rotatable bonds is 8. The van der Waals surface area contributed by atoms with Crippen molar-refractivity contribution in [1.29, 1.82) is 0 Å². The zero-order valence-electron chi connectivity index (χ0n) is 20.5. The average molecular weight is 531 g/mol. The summed E-state index contributed by atoms with van der Waals surface area (Å²) < 4.78 is 26.0. The van der Waals surface area contributed by atoms with Gasteiger partial charge < -0.3 is 14.8 Å². The zero-order chi connectivity index (χ0) is 26.6. The van der Waals surface area contributed by atoms with E-state index in [4.69, 9.17) is 21.1 Å². The average Bonchev–Trinajstić information content (AvgIpc) is 3.17. The van der Waals surface area contributed by atoms with Crippen molar-refractivity contribution >= 4 is 40.4 Å². The van der Waals surface area contributed by atoms with Gasteiger partial charge in [-0.15, -0.1) is 0 Å². The molecule has 192 valence electrons. The number of hydrogen-bond donors (Lipinski definition) is 1. The lowest BCUT2D eigenvalue weighted by Gasteiger charge is -2.15. The van der Waals surface area contributed by atoms with Crippen molar-refractivity contribution in [3.63, 3.8) is 0 Å². The van der Waals surface area contributed by atoms with Gasteiger partial charge in [0.2, 0.25) is 0 Å². The molecule has 4 aromatic rings. The molecular weight excluding hydrogens is 507 g/mol. The summed E-state index contributed by atoms with van der Waals surface area (Å²) in [6, 6.07) is 22.8. The lowest BCUT2D eigenvalue weighted by atomic mass is 10.1. The summed E-state index contributed by atoms with van der Waals surface area (Å²) in [5.41, 5.74) is 1.83. The first kappa shape index (κ1) is 25.3. The van der Waals surface area contributed by atoms with Crippen LogP contribution in [0.1, 0.15) is 23.6 Å². The van der Waals surface area contributed by atoms with Crippen molar-refractivity contribution in [2.75, 3.05) is 6.61 Å². The van der Waals surface area contributed by atoms with Crippen molar-refractivity contribution in [2.24, 2.45) is 0 Å². The van der Waals surface area contributed by atoms with Crippen molar-refractivity contribution in [3.8, 4) is 11.5 Å². The Morgan fingerprint density at radius 1 is 0.947 bits per heavy atom. The molecule has 1 aliphatic heterocycles. The van der Waals surface area contributed by atoms with Gasteiger partial charge in [0.1, 0.15) is 18.1 Å². The van der Waals surface area contributed by atoms with Crippen LogP contribution in [0.3, 0.4) is 0 Å². The standard InChI is InChI=1S/C30H24ClFN2O4/c1-2-37-27-16-19(15-26-29(35)34(30(36)33-26)17-21-9-4-6-13-25(21)32)14-24(31)28(27)38-18-22-11-7-10-20-8-3-5-12-23(20)22/h3-16H,2,17-18H2,1H3,(H,33,36)/b26-15+. The summed E-state index contributed by atoms with van der Waals surface area (Å²) in [6.45, 7) is 2.31. The number of urea groups is 1. The molecule has 6 nitrogen and oxygen atoms in total. The minimum absolute atomic E-state index is 0.0503. The molecular formula is C30H24ClFN2O4. The van der Waals surface area contributed by atoms with Gasteiger partial charge in [-0.2, -0.15) is 0 Å². The van der Waals surface area contributed by atoms with E-state index in [-0.39, 0.29) is 24.4 Å². The fourth-order valence-electron chi connectivity index (χ4n) is 4.32. The molecule has 0 radical (unpaired) electrons. The number of nitrogens with one attached hydrogen (secondary N) is 1. The van der Waals surface area contributed by atoms with Gasteiger partial charge in [-0.05, 0) is 53.1 Å². The maximum Gasteiger partial charge on any atom is 0.329 e. The van der Waals surface area contributed by atoms with Crippen LogP contribution in [0.4, 0.5) is 9.18 Å². The molecule has 1 fully saturated rings. The summed E-state index contributed by atoms with van der Waals surface area (Å²) in [5.74, 6) is -0.264. The van der Waals surface area contributed by atoms with Crippen LogP contribution in [-0.4, -0.2) is 23.4 Å². The fraction of sp³-hybridized carbons (Fsp3) is 0.133. The van der Waals surface area contributed by atoms with Crippen LogP contribution in [0.15, 0.2) is 84.6 Å². The second-order valence-corrected chi connectivity index (χ2v) is 9.07. The number of fused-ring (bicyclic) bond motifs is 1. The number of ether oxygens (including phenoxy) is 2. The van der Waals surface area contributed by atoms with Crippen LogP contribution >= 0.6 is 11.6 Å². The minimum Gasteiger partial charge on any atom is -0.490 e. The molecule has 0 bridgehead atoms. The van der Waals surface area contributed by atoms with E-state index in [9.17, 15) is 14.0 Å². The van der Waals surface area contributed by atoms with Gasteiger partial charge in [0.05, 0.1) is 18.2 Å². The molecule has 8 heteroatoms. The molecule has 1 saturated heterocycles. The summed E-state index contributed by atoms with van der Waals surface area (Å²) in [6.07, 6.45) is 1.50. The molecule has 0 atom stereocenters. The summed E-state index contributed by atoms with van der Waals surface area (Å²) >= 11 is 6.60. The van der Waals surface area contributed by atoms with Gasteiger partial charge in [0.25, 0.3) is 5.91 Å². The fourth-order valence-corrected chi connectivity index (χ4v) is 4.60. The number of hydrogen-bond acceptors (Lipinski definition) is 4. The van der Waals surface area contributed by atoms with Gasteiger partial charge >= 0.3 is 6.03 Å². The Morgan fingerprint density at radius 3 is 2.50 bits per heavy atom. The molecule has 0 spiro atoms. The summed E-state index contributed by atoms with van der Waals surface area (Å²) in [7, 11) is 0. The molecule has 5 rings (SSSR count). The van der Waals surface area contributed by atoms with Crippen molar-refractivity contribution in [2.45, 2.75) is 20.1 Å². The Balaban J connectivity index is 1.39. The summed E-state index contributed by atoms with van der Waals surface area (Å²) in [4.78, 5) is 26.3. The van der Waals surface area contributed by atoms with Crippen LogP contribution < -0.4 is 14.8 Å². The molecule has 0 unspecified atom stereocenters. The second-order valence-electron chi connectivity index (χ2n) is 8.66. The summed E-state index contributed by atoms with van der Waals surface area (Å²) in [5, 5.41) is 5.04. The number of carbonyl (C=O) groups is 2. The Labute approximate surface area is 224 Å². The number of amides is 3. The third kappa shape index (κ3) is 5.19. The number of imide groups is 1. The highest BCUT2D eigenvalue weighted by Crippen LogP contribution is 2.38. The molecule has 3 amide bonds. The van der Waals surface area contributed by atoms with Gasteiger partial charge in [-0.25, -0.2) is 9.18 Å². The lowest BCUT2D eigenvalue weighted by Crippen LogP contribution is -2.30. The quantitative estimate of drug-likeness (QED) is 0.203. The molecule has 1 aliphatic rings. The largest absolute Gasteiger partial charge is 0.490 e. The van der Waals surface area contributed by atoms with Crippen LogP contribution in [0, 0.1) is 5.82 Å². The van der Waals surface area contributed by atoms with Gasteiger partial charge in [0, 0.05) is 5.56 Å². The molecule has 4 aromatic carbocycles. The zero-order valence-corrected chi connectivity index (χ0v) is 21.3. The predicted molar refractivity (Wildman–Crippen MR) is 144 cm³/mol. The normalized spacial score (nSPS) is 14.3. The lowest BCUT2D eigenvalue weighted by molar-refractivity contribution is -0.123. The Kier molecular flexibility index (Phi) is 7.29. The molecule has 1 N–H and O–H groups in total. The van der Waals surface area contributed by atoms with Crippen molar-refractivity contribution < 1.29 is 23.5 Å². The van der Waals surface area contributed by atoms with Crippen molar-refractivity contribution in [3.05, 3.63) is 112 Å². The van der Waals surface area contributed by atoms with E-state index in [1.54, 1.807) is 24.3 Å². The maximum absolute atomic E-state index is 14.1. The first-order chi connectivity index (χ1) is 18.4. The highest BCUT2D eigenvalue weighted by atomic mass is 35.5. The first-order valence-electron chi connectivity index (χ1n) is 12.1. The predicted octanol–water partition coefficient (Wildman–Crippen LogP) is 6.70. The maximum atomic E-state index is 14.1. The first-order valence-corrected chi connectivity index (χ1v) is 12.5. The van der Waals surface area contributed by atoms with E-state index in [1.807, 2.05) is 49.4 Å². The van der Waals surface area contributed by atoms with E-state index >= 15 is 0 Å². The van der Waals surface area contributed by atoms with E-state index in [0.29, 0.717) is 28.7 Å². The number of benzene rings is 4. The third-order valence-electron chi connectivity index (χ3n) is 6.14. The minimum atomic E-state index is -0.629. The Morgan fingerprint density at radius 2 is 1.68 bits per heavy atom. The van der Waals surface area contributed by atoms with Gasteiger partial charge in [0.15, 0.2) is 11.5 Å². The molecule has 0 saturated carbocycles. The molecule has 1 heterocycles. The van der Waals surface area contributed by atoms with Gasteiger partial charge in [-0.1, -0.05) is 72.3 Å². The number of halogens is 2. The van der Waals surface area contributed by atoms with E-state index in [2.05, 4.69) is 5.32 Å². The van der Waals surface area contributed by atoms with E-state index < -0.39 is 17.8 Å². The second kappa shape index (κ2) is 10.9. The highest BCUT2D eigenvalue weighted by Gasteiger charge is 2.34. The van der Waals surface area contributed by atoms with E-state index in [1.165, 1.54) is 18.2 Å². The van der Waals surface area contributed by atoms with Crippen LogP contribution in [-0.2, 0) is 17.9 Å².